The van der Waals surface area contributed by atoms with E-state index < -0.39 is 35.5 Å². The van der Waals surface area contributed by atoms with E-state index in [0.717, 1.165) is 80.3 Å². The van der Waals surface area contributed by atoms with Crippen LogP contribution in [0, 0.1) is 17.2 Å². The number of carbonyl (C=O) groups is 5. The van der Waals surface area contributed by atoms with Gasteiger partial charge in [-0.25, -0.2) is 9.37 Å². The average molecular weight is 897 g/mol. The Morgan fingerprint density at radius 3 is 2.44 bits per heavy atom. The maximum Gasteiger partial charge on any atom is 0.293 e. The molecule has 0 bridgehead atoms. The second kappa shape index (κ2) is 17.1. The number of nitrogens with zero attached hydrogens (tertiary/aromatic N) is 7. The lowest BCUT2D eigenvalue weighted by Gasteiger charge is -2.55. The van der Waals surface area contributed by atoms with Crippen molar-refractivity contribution in [3.8, 4) is 5.75 Å². The molecule has 4 fully saturated rings. The molecule has 1 atom stereocenters. The number of carbonyl (C=O) groups excluding carboxylic acids is 5. The van der Waals surface area contributed by atoms with E-state index in [9.17, 15) is 33.2 Å². The molecule has 2 aromatic heterocycles. The second-order valence-corrected chi connectivity index (χ2v) is 18.3. The van der Waals surface area contributed by atoms with Gasteiger partial charge in [-0.2, -0.15) is 4.98 Å². The number of rotatable bonds is 11. The number of fused-ring (bicyclic) bond motifs is 2. The lowest BCUT2D eigenvalue weighted by atomic mass is 9.65. The number of aromatic nitrogens is 3. The van der Waals surface area contributed by atoms with Crippen molar-refractivity contribution in [3.63, 3.8) is 0 Å². The number of amides is 5. The Morgan fingerprint density at radius 1 is 0.984 bits per heavy atom. The highest BCUT2D eigenvalue weighted by Gasteiger charge is 2.50. The molecular weight excluding hydrogens is 847 g/mol. The topological polar surface area (TPSA) is 191 Å². The van der Waals surface area contributed by atoms with Crippen molar-refractivity contribution in [1.29, 1.82) is 0 Å². The van der Waals surface area contributed by atoms with Crippen molar-refractivity contribution >= 4 is 75.2 Å². The van der Waals surface area contributed by atoms with E-state index in [1.807, 2.05) is 36.9 Å². The SMILES string of the molecule is CNC(=O)COc1cc2cc(Nc3nc(N4CCN(CC5CCC6(CC5)CN(c5cc(F)cc7c5C(=O)N(C5CCC(=O)NC5=O)C7=O)C6)CC4)ncc3Cl)ccc2n(C(C)C)c1=O. The van der Waals surface area contributed by atoms with Crippen molar-refractivity contribution in [1.82, 2.24) is 35.0 Å². The molecule has 336 valence electrons. The number of anilines is 4. The van der Waals surface area contributed by atoms with Gasteiger partial charge in [0.25, 0.3) is 23.3 Å². The van der Waals surface area contributed by atoms with Crippen LogP contribution < -0.4 is 36.0 Å². The number of pyridine rings is 1. The van der Waals surface area contributed by atoms with Crippen LogP contribution in [0.15, 0.2) is 47.4 Å². The number of ether oxygens (including phenoxy) is 1. The highest BCUT2D eigenvalue weighted by Crippen LogP contribution is 2.49. The van der Waals surface area contributed by atoms with Gasteiger partial charge >= 0.3 is 0 Å². The number of benzene rings is 2. The third-order valence-corrected chi connectivity index (χ3v) is 13.6. The number of imide groups is 2. The summed E-state index contributed by atoms with van der Waals surface area (Å²) in [6.07, 6.45) is 5.78. The van der Waals surface area contributed by atoms with Crippen LogP contribution >= 0.6 is 11.6 Å². The second-order valence-electron chi connectivity index (χ2n) is 17.9. The molecule has 1 unspecified atom stereocenters. The standard InChI is InChI=1S/C45H50ClFN10O7/c1-25(2)56-32-5-4-29(16-27(32)17-35(42(56)62)64-22-37(59)48-3)50-39-31(46)20-49-44(52-39)54-14-12-53(13-15-54)21-26-8-10-45(11-9-26)23-55(24-45)34-19-28(47)18-30-38(34)43(63)57(41(30)61)33-6-7-36(58)51-40(33)60/h4-5,16-20,25-26,33H,6-15,21-24H2,1-3H3,(H,48,59)(H,49,50,52)(H,51,58,60). The normalized spacial score (nSPS) is 20.2. The van der Waals surface area contributed by atoms with Crippen molar-refractivity contribution in [2.24, 2.45) is 11.3 Å². The number of hydrogen-bond acceptors (Lipinski definition) is 13. The monoisotopic (exact) mass is 896 g/mol. The first-order chi connectivity index (χ1) is 30.7. The first-order valence-electron chi connectivity index (χ1n) is 21.8. The average Bonchev–Trinajstić information content (AvgIpc) is 3.50. The van der Waals surface area contributed by atoms with E-state index in [1.54, 1.807) is 16.8 Å². The van der Waals surface area contributed by atoms with E-state index in [-0.39, 0.29) is 59.2 Å². The summed E-state index contributed by atoms with van der Waals surface area (Å²) in [4.78, 5) is 93.3. The maximum atomic E-state index is 14.9. The lowest BCUT2D eigenvalue weighted by Crippen LogP contribution is -2.58. The van der Waals surface area contributed by atoms with E-state index >= 15 is 0 Å². The summed E-state index contributed by atoms with van der Waals surface area (Å²) < 4.78 is 22.2. The Morgan fingerprint density at radius 2 is 1.73 bits per heavy atom. The summed E-state index contributed by atoms with van der Waals surface area (Å²) >= 11 is 6.60. The number of halogens is 2. The van der Waals surface area contributed by atoms with Crippen LogP contribution in [0.4, 0.5) is 27.5 Å². The Hall–Kier alpha value is -6.14. The molecule has 6 heterocycles. The van der Waals surface area contributed by atoms with Gasteiger partial charge in [0.1, 0.15) is 16.9 Å². The van der Waals surface area contributed by atoms with Crippen molar-refractivity contribution < 1.29 is 33.1 Å². The summed E-state index contributed by atoms with van der Waals surface area (Å²) in [5.74, 6) is -1.82. The van der Waals surface area contributed by atoms with Crippen LogP contribution in [0.3, 0.4) is 0 Å². The molecule has 5 amide bonds. The van der Waals surface area contributed by atoms with Gasteiger partial charge in [-0.1, -0.05) is 11.6 Å². The molecule has 4 aromatic rings. The lowest BCUT2D eigenvalue weighted by molar-refractivity contribution is -0.136. The molecule has 19 heteroatoms. The Kier molecular flexibility index (Phi) is 11.5. The fourth-order valence-electron chi connectivity index (χ4n) is 9.97. The zero-order chi connectivity index (χ0) is 45.0. The molecule has 5 aliphatic rings. The summed E-state index contributed by atoms with van der Waals surface area (Å²) in [5.41, 5.74) is 1.62. The van der Waals surface area contributed by atoms with E-state index in [4.69, 9.17) is 21.3 Å². The van der Waals surface area contributed by atoms with Gasteiger partial charge in [0.05, 0.1) is 28.5 Å². The van der Waals surface area contributed by atoms with Crippen LogP contribution in [0.5, 0.6) is 5.75 Å². The maximum absolute atomic E-state index is 14.9. The Bertz CT molecular complexity index is 2630. The predicted octanol–water partition coefficient (Wildman–Crippen LogP) is 4.25. The summed E-state index contributed by atoms with van der Waals surface area (Å²) in [7, 11) is 1.50. The third-order valence-electron chi connectivity index (χ3n) is 13.4. The van der Waals surface area contributed by atoms with Gasteiger partial charge in [0.2, 0.25) is 17.8 Å². The Labute approximate surface area is 373 Å². The van der Waals surface area contributed by atoms with Gasteiger partial charge < -0.3 is 29.7 Å². The molecule has 17 nitrogen and oxygen atoms in total. The van der Waals surface area contributed by atoms with Crippen LogP contribution in [0.25, 0.3) is 10.9 Å². The first-order valence-corrected chi connectivity index (χ1v) is 22.2. The molecule has 1 saturated carbocycles. The molecule has 0 radical (unpaired) electrons. The summed E-state index contributed by atoms with van der Waals surface area (Å²) in [6.45, 7) is 9.03. The zero-order valence-electron chi connectivity index (χ0n) is 35.9. The minimum atomic E-state index is -1.11. The van der Waals surface area contributed by atoms with Crippen molar-refractivity contribution in [3.05, 3.63) is 74.9 Å². The minimum absolute atomic E-state index is 0.0129. The highest BCUT2D eigenvalue weighted by atomic mass is 35.5. The molecule has 3 N–H and O–H groups in total. The van der Waals surface area contributed by atoms with Crippen LogP contribution in [0.2, 0.25) is 5.02 Å². The molecule has 3 saturated heterocycles. The number of nitrogens with one attached hydrogen (secondary N) is 3. The third kappa shape index (κ3) is 8.12. The molecule has 1 spiro atoms. The van der Waals surface area contributed by atoms with Crippen LogP contribution in [-0.4, -0.2) is 119 Å². The van der Waals surface area contributed by atoms with E-state index in [2.05, 4.69) is 30.7 Å². The fourth-order valence-corrected chi connectivity index (χ4v) is 10.1. The highest BCUT2D eigenvalue weighted by molar-refractivity contribution is 6.33. The van der Waals surface area contributed by atoms with E-state index in [1.165, 1.54) is 13.1 Å². The van der Waals surface area contributed by atoms with E-state index in [0.29, 0.717) is 47.2 Å². The smallest absolute Gasteiger partial charge is 0.293 e. The molecule has 4 aliphatic heterocycles. The van der Waals surface area contributed by atoms with Gasteiger partial charge in [0.15, 0.2) is 18.2 Å². The number of hydrogen-bond donors (Lipinski definition) is 3. The summed E-state index contributed by atoms with van der Waals surface area (Å²) in [5, 5.41) is 9.12. The molecular formula is C45H50ClFN10O7. The molecule has 9 rings (SSSR count). The largest absolute Gasteiger partial charge is 0.478 e. The number of likely N-dealkylation sites (N-methyl/N-ethyl adjacent to an activating group) is 1. The predicted molar refractivity (Wildman–Crippen MR) is 237 cm³/mol. The van der Waals surface area contributed by atoms with Crippen LogP contribution in [0.1, 0.15) is 79.1 Å². The Balaban J connectivity index is 0.785. The van der Waals surface area contributed by atoms with Crippen molar-refractivity contribution in [2.75, 3.05) is 74.6 Å². The van der Waals surface area contributed by atoms with Crippen molar-refractivity contribution in [2.45, 2.75) is 64.5 Å². The molecule has 64 heavy (non-hydrogen) atoms. The minimum Gasteiger partial charge on any atom is -0.478 e. The summed E-state index contributed by atoms with van der Waals surface area (Å²) in [6, 6.07) is 8.35. The molecule has 1 aliphatic carbocycles. The van der Waals surface area contributed by atoms with Gasteiger partial charge in [-0.15, -0.1) is 0 Å². The quantitative estimate of drug-likeness (QED) is 0.181. The zero-order valence-corrected chi connectivity index (χ0v) is 36.7. The number of piperidine rings is 1. The van der Waals surface area contributed by atoms with Gasteiger partial charge in [-0.05, 0) is 88.3 Å². The molecule has 2 aromatic carbocycles. The van der Waals surface area contributed by atoms with Gasteiger partial charge in [-0.3, -0.25) is 43.9 Å². The fraction of sp³-hybridized carbons (Fsp3) is 0.467. The number of piperazine rings is 1. The first kappa shape index (κ1) is 43.1. The van der Waals surface area contributed by atoms with Gasteiger partial charge in [0, 0.05) is 81.8 Å². The van der Waals surface area contributed by atoms with Crippen LogP contribution in [-0.2, 0) is 14.4 Å².